The first-order chi connectivity index (χ1) is 8.40. The van der Waals surface area contributed by atoms with Gasteiger partial charge in [-0.25, -0.2) is 0 Å². The van der Waals surface area contributed by atoms with Gasteiger partial charge in [-0.3, -0.25) is 4.79 Å². The first-order valence-electron chi connectivity index (χ1n) is 5.40. The zero-order valence-electron chi connectivity index (χ0n) is 9.87. The van der Waals surface area contributed by atoms with Crippen LogP contribution in [0, 0.1) is 5.92 Å². The van der Waals surface area contributed by atoms with Crippen molar-refractivity contribution in [3.05, 3.63) is 33.8 Å². The molecule has 0 aliphatic heterocycles. The SMILES string of the molecule is CC(CNC(=O)Cc1ccc(Cl)c(Cl)c1)C(N)=S. The molecule has 1 amide bonds. The molecule has 98 valence electrons. The molecule has 0 aliphatic rings. The molecular weight excluding hydrogens is 291 g/mol. The highest BCUT2D eigenvalue weighted by Gasteiger charge is 2.09. The van der Waals surface area contributed by atoms with E-state index >= 15 is 0 Å². The molecule has 0 aromatic heterocycles. The zero-order valence-corrected chi connectivity index (χ0v) is 12.2. The Labute approximate surface area is 122 Å². The van der Waals surface area contributed by atoms with E-state index in [-0.39, 0.29) is 18.2 Å². The molecule has 18 heavy (non-hydrogen) atoms. The number of carbonyl (C=O) groups is 1. The Hall–Kier alpha value is -0.840. The Morgan fingerprint density at radius 3 is 2.67 bits per heavy atom. The van der Waals surface area contributed by atoms with Crippen molar-refractivity contribution in [1.82, 2.24) is 5.32 Å². The first kappa shape index (κ1) is 15.2. The number of nitrogens with two attached hydrogens (primary N) is 1. The lowest BCUT2D eigenvalue weighted by molar-refractivity contribution is -0.120. The number of benzene rings is 1. The van der Waals surface area contributed by atoms with Crippen molar-refractivity contribution < 1.29 is 4.79 Å². The smallest absolute Gasteiger partial charge is 0.224 e. The lowest BCUT2D eigenvalue weighted by atomic mass is 10.1. The molecule has 1 atom stereocenters. The molecule has 3 nitrogen and oxygen atoms in total. The van der Waals surface area contributed by atoms with E-state index in [2.05, 4.69) is 5.32 Å². The molecule has 0 fully saturated rings. The van der Waals surface area contributed by atoms with E-state index in [1.54, 1.807) is 18.2 Å². The molecular formula is C12H14Cl2N2OS. The summed E-state index contributed by atoms with van der Waals surface area (Å²) in [5.41, 5.74) is 6.27. The average molecular weight is 305 g/mol. The van der Waals surface area contributed by atoms with Gasteiger partial charge in [0.1, 0.15) is 0 Å². The second-order valence-electron chi connectivity index (χ2n) is 4.03. The fourth-order valence-corrected chi connectivity index (χ4v) is 1.67. The fourth-order valence-electron chi connectivity index (χ4n) is 1.27. The lowest BCUT2D eigenvalue weighted by Crippen LogP contribution is -2.34. The van der Waals surface area contributed by atoms with E-state index in [0.29, 0.717) is 21.6 Å². The van der Waals surface area contributed by atoms with Crippen LogP contribution < -0.4 is 11.1 Å². The van der Waals surface area contributed by atoms with E-state index in [4.69, 9.17) is 41.2 Å². The molecule has 0 aliphatic carbocycles. The normalized spacial score (nSPS) is 11.9. The number of nitrogens with one attached hydrogen (secondary N) is 1. The van der Waals surface area contributed by atoms with Gasteiger partial charge in [-0.1, -0.05) is 48.4 Å². The summed E-state index contributed by atoms with van der Waals surface area (Å²) in [4.78, 5) is 12.1. The van der Waals surface area contributed by atoms with Crippen LogP contribution in [0.1, 0.15) is 12.5 Å². The molecule has 3 N–H and O–H groups in total. The van der Waals surface area contributed by atoms with Crippen LogP contribution in [0.25, 0.3) is 0 Å². The van der Waals surface area contributed by atoms with Crippen molar-refractivity contribution in [3.63, 3.8) is 0 Å². The van der Waals surface area contributed by atoms with Crippen molar-refractivity contribution in [3.8, 4) is 0 Å². The van der Waals surface area contributed by atoms with E-state index in [9.17, 15) is 4.79 Å². The summed E-state index contributed by atoms with van der Waals surface area (Å²) in [5.74, 6) is -0.116. The number of thiocarbonyl (C=S) groups is 1. The van der Waals surface area contributed by atoms with Crippen LogP contribution in [0.2, 0.25) is 10.0 Å². The van der Waals surface area contributed by atoms with Crippen LogP contribution in [-0.2, 0) is 11.2 Å². The predicted octanol–water partition coefficient (Wildman–Crippen LogP) is 2.57. The number of hydrogen-bond acceptors (Lipinski definition) is 2. The fraction of sp³-hybridized carbons (Fsp3) is 0.333. The molecule has 0 spiro atoms. The van der Waals surface area contributed by atoms with Crippen molar-refractivity contribution in [1.29, 1.82) is 0 Å². The molecule has 0 saturated heterocycles. The topological polar surface area (TPSA) is 55.1 Å². The van der Waals surface area contributed by atoms with Crippen molar-refractivity contribution in [2.45, 2.75) is 13.3 Å². The standard InChI is InChI=1S/C12H14Cl2N2OS/c1-7(12(15)18)6-16-11(17)5-8-2-3-9(13)10(14)4-8/h2-4,7H,5-6H2,1H3,(H2,15,18)(H,16,17). The quantitative estimate of drug-likeness (QED) is 0.822. The van der Waals surface area contributed by atoms with Gasteiger partial charge in [-0.05, 0) is 17.7 Å². The third-order valence-electron chi connectivity index (χ3n) is 2.44. The van der Waals surface area contributed by atoms with E-state index < -0.39 is 0 Å². The predicted molar refractivity (Wildman–Crippen MR) is 79.1 cm³/mol. The van der Waals surface area contributed by atoms with Gasteiger partial charge in [-0.2, -0.15) is 0 Å². The Balaban J connectivity index is 2.49. The highest BCUT2D eigenvalue weighted by atomic mass is 35.5. The minimum absolute atomic E-state index is 0.0160. The average Bonchev–Trinajstić information content (AvgIpc) is 2.30. The number of carbonyl (C=O) groups excluding carboxylic acids is 1. The molecule has 1 rings (SSSR count). The van der Waals surface area contributed by atoms with Gasteiger partial charge in [0.25, 0.3) is 0 Å². The maximum atomic E-state index is 11.7. The molecule has 0 radical (unpaired) electrons. The minimum atomic E-state index is -0.100. The summed E-state index contributed by atoms with van der Waals surface area (Å²) in [5, 5.41) is 3.68. The van der Waals surface area contributed by atoms with Crippen LogP contribution in [-0.4, -0.2) is 17.4 Å². The summed E-state index contributed by atoms with van der Waals surface area (Å²) in [6.07, 6.45) is 0.251. The second kappa shape index (κ2) is 6.92. The van der Waals surface area contributed by atoms with Gasteiger partial charge in [0.15, 0.2) is 0 Å². The summed E-state index contributed by atoms with van der Waals surface area (Å²) in [7, 11) is 0. The minimum Gasteiger partial charge on any atom is -0.393 e. The van der Waals surface area contributed by atoms with Crippen LogP contribution in [0.3, 0.4) is 0 Å². The van der Waals surface area contributed by atoms with Crippen LogP contribution >= 0.6 is 35.4 Å². The van der Waals surface area contributed by atoms with Gasteiger partial charge < -0.3 is 11.1 Å². The van der Waals surface area contributed by atoms with Crippen LogP contribution in [0.4, 0.5) is 0 Å². The number of amides is 1. The number of hydrogen-bond donors (Lipinski definition) is 2. The van der Waals surface area contributed by atoms with Gasteiger partial charge in [0.05, 0.1) is 21.5 Å². The highest BCUT2D eigenvalue weighted by Crippen LogP contribution is 2.22. The molecule has 1 aromatic carbocycles. The van der Waals surface area contributed by atoms with Crippen molar-refractivity contribution in [2.75, 3.05) is 6.54 Å². The molecule has 0 saturated carbocycles. The summed E-state index contributed by atoms with van der Waals surface area (Å²) in [6, 6.07) is 5.12. The molecule has 0 heterocycles. The van der Waals surface area contributed by atoms with E-state index in [0.717, 1.165) is 5.56 Å². The molecule has 1 unspecified atom stereocenters. The van der Waals surface area contributed by atoms with Gasteiger partial charge in [0, 0.05) is 12.5 Å². The maximum absolute atomic E-state index is 11.7. The Morgan fingerprint density at radius 2 is 2.11 bits per heavy atom. The third kappa shape index (κ3) is 4.80. The number of rotatable bonds is 5. The summed E-state index contributed by atoms with van der Waals surface area (Å²) < 4.78 is 0. The van der Waals surface area contributed by atoms with Crippen molar-refractivity contribution in [2.24, 2.45) is 11.7 Å². The summed E-state index contributed by atoms with van der Waals surface area (Å²) >= 11 is 16.5. The second-order valence-corrected chi connectivity index (χ2v) is 5.32. The van der Waals surface area contributed by atoms with Gasteiger partial charge >= 0.3 is 0 Å². The first-order valence-corrected chi connectivity index (χ1v) is 6.56. The van der Waals surface area contributed by atoms with Crippen molar-refractivity contribution >= 4 is 46.3 Å². The Morgan fingerprint density at radius 1 is 1.44 bits per heavy atom. The summed E-state index contributed by atoms with van der Waals surface area (Å²) in [6.45, 7) is 2.30. The largest absolute Gasteiger partial charge is 0.393 e. The zero-order chi connectivity index (χ0) is 13.7. The van der Waals surface area contributed by atoms with Gasteiger partial charge in [0.2, 0.25) is 5.91 Å². The van der Waals surface area contributed by atoms with Gasteiger partial charge in [-0.15, -0.1) is 0 Å². The third-order valence-corrected chi connectivity index (χ3v) is 3.58. The molecule has 0 bridgehead atoms. The molecule has 1 aromatic rings. The van der Waals surface area contributed by atoms with E-state index in [1.165, 1.54) is 0 Å². The number of halogens is 2. The Bertz CT molecular complexity index is 465. The highest BCUT2D eigenvalue weighted by molar-refractivity contribution is 7.80. The maximum Gasteiger partial charge on any atom is 0.224 e. The monoisotopic (exact) mass is 304 g/mol. The lowest BCUT2D eigenvalue weighted by Gasteiger charge is -2.11. The van der Waals surface area contributed by atoms with E-state index in [1.807, 2.05) is 6.92 Å². The van der Waals surface area contributed by atoms with Crippen LogP contribution in [0.15, 0.2) is 18.2 Å². The Kier molecular flexibility index (Phi) is 5.85. The van der Waals surface area contributed by atoms with Crippen LogP contribution in [0.5, 0.6) is 0 Å². The molecule has 6 heteroatoms.